The Morgan fingerprint density at radius 1 is 1.59 bits per heavy atom. The van der Waals surface area contributed by atoms with Crippen molar-refractivity contribution >= 4 is 17.0 Å². The minimum Gasteiger partial charge on any atom is -0.398 e. The fourth-order valence-corrected chi connectivity index (χ4v) is 2.54. The van der Waals surface area contributed by atoms with Crippen LogP contribution in [0.25, 0.3) is 0 Å². The van der Waals surface area contributed by atoms with Gasteiger partial charge >= 0.3 is 0 Å². The summed E-state index contributed by atoms with van der Waals surface area (Å²) >= 11 is 1.69. The number of thiophene rings is 1. The number of anilines is 1. The Labute approximate surface area is 105 Å². The fraction of sp³-hybridized carbons (Fsp3) is 0.417. The van der Waals surface area contributed by atoms with Crippen LogP contribution < -0.4 is 11.1 Å². The molecule has 0 fully saturated rings. The Hall–Kier alpha value is -1.33. The van der Waals surface area contributed by atoms with Crippen LogP contribution in [-0.2, 0) is 13.6 Å². The van der Waals surface area contributed by atoms with E-state index in [9.17, 15) is 0 Å². The first kappa shape index (κ1) is 12.1. The van der Waals surface area contributed by atoms with E-state index in [0.29, 0.717) is 0 Å². The topological polar surface area (TPSA) is 55.9 Å². The normalized spacial score (nSPS) is 12.9. The molecule has 0 amide bonds. The molecule has 0 aliphatic rings. The molecule has 17 heavy (non-hydrogen) atoms. The zero-order chi connectivity index (χ0) is 12.4. The van der Waals surface area contributed by atoms with Gasteiger partial charge in [0.25, 0.3) is 0 Å². The molecule has 0 aliphatic heterocycles. The van der Waals surface area contributed by atoms with E-state index in [2.05, 4.69) is 24.3 Å². The number of aromatic nitrogens is 2. The molecule has 3 N–H and O–H groups in total. The zero-order valence-electron chi connectivity index (χ0n) is 10.4. The summed E-state index contributed by atoms with van der Waals surface area (Å²) in [5.41, 5.74) is 9.16. The molecule has 2 aromatic rings. The van der Waals surface area contributed by atoms with E-state index >= 15 is 0 Å². The minimum absolute atomic E-state index is 0.283. The van der Waals surface area contributed by atoms with Crippen LogP contribution >= 0.6 is 11.3 Å². The van der Waals surface area contributed by atoms with Gasteiger partial charge < -0.3 is 11.1 Å². The highest BCUT2D eigenvalue weighted by atomic mass is 32.1. The van der Waals surface area contributed by atoms with Crippen LogP contribution in [0.15, 0.2) is 17.6 Å². The third-order valence-corrected chi connectivity index (χ3v) is 4.03. The summed E-state index contributed by atoms with van der Waals surface area (Å²) in [6.07, 6.45) is 1.92. The molecule has 2 aromatic heterocycles. The second-order valence-corrected chi connectivity index (χ2v) is 5.21. The maximum atomic E-state index is 5.85. The van der Waals surface area contributed by atoms with Gasteiger partial charge in [-0.3, -0.25) is 4.68 Å². The van der Waals surface area contributed by atoms with Gasteiger partial charge in [-0.2, -0.15) is 5.10 Å². The smallest absolute Gasteiger partial charge is 0.0540 e. The van der Waals surface area contributed by atoms with Crippen molar-refractivity contribution in [3.8, 4) is 0 Å². The molecular formula is C12H18N4S. The highest BCUT2D eigenvalue weighted by molar-refractivity contribution is 7.10. The van der Waals surface area contributed by atoms with Crippen molar-refractivity contribution in [1.29, 1.82) is 0 Å². The van der Waals surface area contributed by atoms with E-state index in [4.69, 9.17) is 5.73 Å². The third kappa shape index (κ3) is 2.50. The number of aryl methyl sites for hydroxylation is 1. The maximum Gasteiger partial charge on any atom is 0.0540 e. The molecule has 0 aliphatic carbocycles. The molecule has 5 heteroatoms. The first-order chi connectivity index (χ1) is 8.09. The summed E-state index contributed by atoms with van der Waals surface area (Å²) in [5, 5.41) is 9.75. The lowest BCUT2D eigenvalue weighted by Crippen LogP contribution is -2.18. The minimum atomic E-state index is 0.283. The Bertz CT molecular complexity index is 500. The summed E-state index contributed by atoms with van der Waals surface area (Å²) in [6.45, 7) is 5.03. The van der Waals surface area contributed by atoms with Crippen molar-refractivity contribution < 1.29 is 0 Å². The number of rotatable bonds is 4. The quantitative estimate of drug-likeness (QED) is 0.875. The maximum absolute atomic E-state index is 5.85. The Morgan fingerprint density at radius 3 is 2.88 bits per heavy atom. The van der Waals surface area contributed by atoms with E-state index in [1.165, 1.54) is 16.1 Å². The second-order valence-electron chi connectivity index (χ2n) is 4.21. The van der Waals surface area contributed by atoms with Gasteiger partial charge in [-0.05, 0) is 25.3 Å². The molecule has 0 aromatic carbocycles. The van der Waals surface area contributed by atoms with Gasteiger partial charge in [-0.25, -0.2) is 0 Å². The molecule has 4 nitrogen and oxygen atoms in total. The molecule has 2 rings (SSSR count). The van der Waals surface area contributed by atoms with Crippen molar-refractivity contribution in [3.05, 3.63) is 33.8 Å². The number of nitrogens with two attached hydrogens (primary N) is 1. The summed E-state index contributed by atoms with van der Waals surface area (Å²) < 4.78 is 1.90. The monoisotopic (exact) mass is 250 g/mol. The molecule has 0 saturated heterocycles. The number of nitrogen functional groups attached to an aromatic ring is 1. The Kier molecular flexibility index (Phi) is 3.49. The van der Waals surface area contributed by atoms with E-state index in [1.54, 1.807) is 11.3 Å². The van der Waals surface area contributed by atoms with Gasteiger partial charge in [0, 0.05) is 41.5 Å². The van der Waals surface area contributed by atoms with Gasteiger partial charge in [0.15, 0.2) is 0 Å². The molecule has 0 saturated carbocycles. The van der Waals surface area contributed by atoms with Gasteiger partial charge in [-0.1, -0.05) is 0 Å². The third-order valence-electron chi connectivity index (χ3n) is 3.09. The van der Waals surface area contributed by atoms with E-state index in [-0.39, 0.29) is 6.04 Å². The van der Waals surface area contributed by atoms with Crippen LogP contribution in [0.1, 0.15) is 29.1 Å². The van der Waals surface area contributed by atoms with Crippen LogP contribution in [0.4, 0.5) is 5.69 Å². The van der Waals surface area contributed by atoms with Crippen molar-refractivity contribution in [3.63, 3.8) is 0 Å². The summed E-state index contributed by atoms with van der Waals surface area (Å²) in [7, 11) is 1.96. The van der Waals surface area contributed by atoms with Gasteiger partial charge in [0.05, 0.1) is 6.20 Å². The predicted octanol–water partition coefficient (Wildman–Crippen LogP) is 2.22. The van der Waals surface area contributed by atoms with Crippen molar-refractivity contribution in [1.82, 2.24) is 15.1 Å². The molecule has 92 valence electrons. The second kappa shape index (κ2) is 4.89. The SMILES string of the molecule is Cc1c(C(C)NCc2sccc2N)cnn1C. The lowest BCUT2D eigenvalue weighted by molar-refractivity contribution is 0.575. The molecule has 2 heterocycles. The van der Waals surface area contributed by atoms with Crippen LogP contribution in [0.2, 0.25) is 0 Å². The Morgan fingerprint density at radius 2 is 2.35 bits per heavy atom. The van der Waals surface area contributed by atoms with Gasteiger partial charge in [0.1, 0.15) is 0 Å². The number of nitrogens with one attached hydrogen (secondary N) is 1. The van der Waals surface area contributed by atoms with Crippen molar-refractivity contribution in [2.75, 3.05) is 5.73 Å². The Balaban J connectivity index is 2.00. The lowest BCUT2D eigenvalue weighted by Gasteiger charge is -2.13. The fourth-order valence-electron chi connectivity index (χ4n) is 1.79. The molecule has 0 radical (unpaired) electrons. The van der Waals surface area contributed by atoms with Crippen LogP contribution in [-0.4, -0.2) is 9.78 Å². The number of nitrogens with zero attached hydrogens (tertiary/aromatic N) is 2. The van der Waals surface area contributed by atoms with Crippen molar-refractivity contribution in [2.24, 2.45) is 7.05 Å². The lowest BCUT2D eigenvalue weighted by atomic mass is 10.1. The van der Waals surface area contributed by atoms with Gasteiger partial charge in [-0.15, -0.1) is 11.3 Å². The highest BCUT2D eigenvalue weighted by Gasteiger charge is 2.12. The number of hydrogen-bond acceptors (Lipinski definition) is 4. The van der Waals surface area contributed by atoms with Crippen LogP contribution in [0.3, 0.4) is 0 Å². The first-order valence-electron chi connectivity index (χ1n) is 5.63. The number of hydrogen-bond donors (Lipinski definition) is 2. The van der Waals surface area contributed by atoms with Gasteiger partial charge in [0.2, 0.25) is 0 Å². The molecule has 1 atom stereocenters. The molecular weight excluding hydrogens is 232 g/mol. The molecule has 1 unspecified atom stereocenters. The largest absolute Gasteiger partial charge is 0.398 e. The molecule has 0 bridgehead atoms. The van der Waals surface area contributed by atoms with E-state index < -0.39 is 0 Å². The average Bonchev–Trinajstić information content (AvgIpc) is 2.84. The first-order valence-corrected chi connectivity index (χ1v) is 6.51. The molecule has 0 spiro atoms. The summed E-state index contributed by atoms with van der Waals surface area (Å²) in [6, 6.07) is 2.23. The van der Waals surface area contributed by atoms with Crippen LogP contribution in [0, 0.1) is 6.92 Å². The van der Waals surface area contributed by atoms with E-state index in [0.717, 1.165) is 12.2 Å². The zero-order valence-corrected chi connectivity index (χ0v) is 11.2. The van der Waals surface area contributed by atoms with Crippen LogP contribution in [0.5, 0.6) is 0 Å². The average molecular weight is 250 g/mol. The summed E-state index contributed by atoms with van der Waals surface area (Å²) in [5.74, 6) is 0. The summed E-state index contributed by atoms with van der Waals surface area (Å²) in [4.78, 5) is 1.19. The predicted molar refractivity (Wildman–Crippen MR) is 71.9 cm³/mol. The highest BCUT2D eigenvalue weighted by Crippen LogP contribution is 2.21. The standard InChI is InChI=1S/C12H18N4S/c1-8(10-6-15-16(3)9(10)2)14-7-12-11(13)4-5-17-12/h4-6,8,14H,7,13H2,1-3H3. The van der Waals surface area contributed by atoms with E-state index in [1.807, 2.05) is 29.4 Å². The van der Waals surface area contributed by atoms with Crippen molar-refractivity contribution in [2.45, 2.75) is 26.4 Å².